The predicted octanol–water partition coefficient (Wildman–Crippen LogP) is -3.39. The van der Waals surface area contributed by atoms with Gasteiger partial charge in [0.15, 0.2) is 35.9 Å². The van der Waals surface area contributed by atoms with Crippen molar-refractivity contribution in [1.29, 1.82) is 0 Å². The molecule has 0 bridgehead atoms. The molecule has 20 atom stereocenters. The Morgan fingerprint density at radius 3 is 1.88 bits per heavy atom. The Morgan fingerprint density at radius 1 is 0.600 bits per heavy atom. The molecule has 0 spiro atoms. The van der Waals surface area contributed by atoms with Crippen LogP contribution in [0.4, 0.5) is 0 Å². The van der Waals surface area contributed by atoms with Crippen LogP contribution in [0.1, 0.15) is 19.4 Å². The summed E-state index contributed by atoms with van der Waals surface area (Å²) < 4.78 is 57.6. The Balaban J connectivity index is 1.05. The normalized spacial score (nSPS) is 36.3. The first-order valence-electron chi connectivity index (χ1n) is 23.2. The third-order valence-electron chi connectivity index (χ3n) is 13.0. The first kappa shape index (κ1) is 55.4. The van der Waals surface area contributed by atoms with Gasteiger partial charge >= 0.3 is 5.97 Å². The van der Waals surface area contributed by atoms with Gasteiger partial charge in [0, 0.05) is 23.8 Å². The molecular weight excluding hydrogens is 1010 g/mol. The summed E-state index contributed by atoms with van der Waals surface area (Å²) in [4.78, 5) is 27.5. The van der Waals surface area contributed by atoms with E-state index in [-0.39, 0.29) is 17.1 Å². The third kappa shape index (κ3) is 11.5. The highest BCUT2D eigenvalue weighted by Gasteiger charge is 2.53. The smallest absolute Gasteiger partial charge is 0.331 e. The Kier molecular flexibility index (Phi) is 16.9. The zero-order chi connectivity index (χ0) is 54.3. The van der Waals surface area contributed by atoms with Crippen molar-refractivity contribution in [2.45, 2.75) is 137 Å². The van der Waals surface area contributed by atoms with Crippen molar-refractivity contribution in [2.24, 2.45) is 0 Å². The van der Waals surface area contributed by atoms with Crippen molar-refractivity contribution in [2.75, 3.05) is 13.2 Å². The van der Waals surface area contributed by atoms with Crippen LogP contribution in [0.2, 0.25) is 0 Å². The summed E-state index contributed by atoms with van der Waals surface area (Å²) in [6.45, 7) is 1.07. The molecule has 15 N–H and O–H groups in total. The molecule has 0 radical (unpaired) electrons. The Bertz CT molecular complexity index is 2710. The summed E-state index contributed by atoms with van der Waals surface area (Å²) >= 11 is 0. The highest BCUT2D eigenvalue weighted by Crippen LogP contribution is 2.41. The van der Waals surface area contributed by atoms with Gasteiger partial charge in [0.2, 0.25) is 23.8 Å². The molecule has 4 aliphatic heterocycles. The molecule has 410 valence electrons. The average Bonchev–Trinajstić information content (AvgIpc) is 3.38. The molecule has 0 aliphatic carbocycles. The SMILES string of the molecule is CC1OC(Oc2cc(O)c3c(=O)c(OC4OC(COC5OC(C)C(OC(=O)C=Cc6ccc(O)cc6)C(OC6OC(CO)C(O)C(O)C6O)C5O)C(O)C(O)C4O)c(-c4ccc(O)c(O)c4)oc3c2)C(O)C(O)C1O. The lowest BCUT2D eigenvalue weighted by molar-refractivity contribution is -0.361. The summed E-state index contributed by atoms with van der Waals surface area (Å²) in [6.07, 6.45) is -32.9. The van der Waals surface area contributed by atoms with Crippen molar-refractivity contribution < 1.29 is 128 Å². The first-order valence-corrected chi connectivity index (χ1v) is 23.2. The van der Waals surface area contributed by atoms with Gasteiger partial charge in [0.1, 0.15) is 108 Å². The summed E-state index contributed by atoms with van der Waals surface area (Å²) in [6, 6.07) is 10.9. The van der Waals surface area contributed by atoms with E-state index < -0.39 is 187 Å². The zero-order valence-corrected chi connectivity index (χ0v) is 39.4. The number of aliphatic hydroxyl groups is 11. The number of fused-ring (bicyclic) bond motifs is 1. The number of benzene rings is 3. The van der Waals surface area contributed by atoms with Crippen molar-refractivity contribution in [3.8, 4) is 45.8 Å². The molecule has 1 aromatic heterocycles. The lowest BCUT2D eigenvalue weighted by Crippen LogP contribution is -2.65. The van der Waals surface area contributed by atoms with Crippen LogP contribution in [0.25, 0.3) is 28.4 Å². The molecule has 5 heterocycles. The van der Waals surface area contributed by atoms with E-state index in [0.29, 0.717) is 5.56 Å². The molecule has 0 saturated carbocycles. The van der Waals surface area contributed by atoms with Gasteiger partial charge in [-0.3, -0.25) is 4.79 Å². The maximum Gasteiger partial charge on any atom is 0.331 e. The molecule has 4 aromatic rings. The number of ether oxygens (including phenoxy) is 9. The number of aromatic hydroxyl groups is 4. The number of rotatable bonds is 14. The fourth-order valence-electron chi connectivity index (χ4n) is 8.69. The molecule has 20 unspecified atom stereocenters. The van der Waals surface area contributed by atoms with Gasteiger partial charge in [-0.2, -0.15) is 0 Å². The highest BCUT2D eigenvalue weighted by atomic mass is 16.8. The van der Waals surface area contributed by atoms with Gasteiger partial charge in [-0.05, 0) is 55.8 Å². The second-order valence-corrected chi connectivity index (χ2v) is 18.2. The Hall–Kier alpha value is -5.80. The van der Waals surface area contributed by atoms with E-state index in [4.69, 9.17) is 47.0 Å². The van der Waals surface area contributed by atoms with Crippen LogP contribution < -0.4 is 14.9 Å². The first-order chi connectivity index (χ1) is 35.6. The van der Waals surface area contributed by atoms with Crippen molar-refractivity contribution in [3.05, 3.63) is 76.5 Å². The molecular formula is C48H56O27. The van der Waals surface area contributed by atoms with Gasteiger partial charge in [0.05, 0.1) is 25.4 Å². The molecule has 27 nitrogen and oxygen atoms in total. The Labute approximate surface area is 422 Å². The van der Waals surface area contributed by atoms with Gasteiger partial charge in [0.25, 0.3) is 0 Å². The second-order valence-electron chi connectivity index (χ2n) is 18.2. The van der Waals surface area contributed by atoms with Crippen LogP contribution in [0.3, 0.4) is 0 Å². The number of esters is 1. The second kappa shape index (κ2) is 22.8. The third-order valence-corrected chi connectivity index (χ3v) is 13.0. The van der Waals surface area contributed by atoms with E-state index >= 15 is 0 Å². The van der Waals surface area contributed by atoms with Crippen LogP contribution in [-0.4, -0.2) is 219 Å². The average molecular weight is 1060 g/mol. The monoisotopic (exact) mass is 1060 g/mol. The number of hydrogen-bond donors (Lipinski definition) is 15. The van der Waals surface area contributed by atoms with E-state index in [0.717, 1.165) is 30.3 Å². The molecule has 4 aliphatic rings. The predicted molar refractivity (Wildman–Crippen MR) is 245 cm³/mol. The van der Waals surface area contributed by atoms with Crippen molar-refractivity contribution in [3.63, 3.8) is 0 Å². The van der Waals surface area contributed by atoms with Crippen molar-refractivity contribution in [1.82, 2.24) is 0 Å². The molecule has 4 fully saturated rings. The minimum Gasteiger partial charge on any atom is -0.508 e. The standard InChI is InChI=1S/C48H56O27/c1-16-30(55)34(59)37(62)46(67-16)69-21-12-24(53)29-25(13-21)70-42(19-6-9-22(51)23(52)11-19)43(33(29)58)74-48-39(64)36(61)32(57)27(72-48)15-66-45-40(65)44(75-47-38(63)35(60)31(56)26(14-49)71-47)41(17(2)68-45)73-28(54)10-5-18-3-7-20(50)8-4-18/h3-13,16-17,26-27,30-32,34-41,44-53,55-57,59-65H,14-15H2,1-2H3. The quantitative estimate of drug-likeness (QED) is 0.0333. The van der Waals surface area contributed by atoms with Gasteiger partial charge < -0.3 is 124 Å². The molecule has 8 rings (SSSR count). The number of phenolic OH excluding ortho intramolecular Hbond substituents is 4. The van der Waals surface area contributed by atoms with E-state index in [9.17, 15) is 86.2 Å². The van der Waals surface area contributed by atoms with Gasteiger partial charge in [-0.1, -0.05) is 12.1 Å². The zero-order valence-electron chi connectivity index (χ0n) is 39.4. The number of carbonyl (C=O) groups excluding carboxylic acids is 1. The molecule has 75 heavy (non-hydrogen) atoms. The summed E-state index contributed by atoms with van der Waals surface area (Å²) in [7, 11) is 0. The molecule has 27 heteroatoms. The maximum absolute atomic E-state index is 14.4. The lowest BCUT2D eigenvalue weighted by Gasteiger charge is -2.46. The molecule has 0 amide bonds. The summed E-state index contributed by atoms with van der Waals surface area (Å²) in [5, 5.41) is 158. The van der Waals surface area contributed by atoms with Crippen molar-refractivity contribution >= 4 is 23.0 Å². The number of carbonyl (C=O) groups is 1. The minimum absolute atomic E-state index is 0.0338. The van der Waals surface area contributed by atoms with Crippen LogP contribution >= 0.6 is 0 Å². The van der Waals surface area contributed by atoms with E-state index in [1.54, 1.807) is 0 Å². The summed E-state index contributed by atoms with van der Waals surface area (Å²) in [5.41, 5.74) is -1.28. The molecule has 3 aromatic carbocycles. The fourth-order valence-corrected chi connectivity index (χ4v) is 8.69. The number of phenols is 4. The van der Waals surface area contributed by atoms with Crippen LogP contribution in [0.15, 0.2) is 69.9 Å². The summed E-state index contributed by atoms with van der Waals surface area (Å²) in [5.74, 6) is -4.83. The minimum atomic E-state index is -2.17. The van der Waals surface area contributed by atoms with Gasteiger partial charge in [-0.25, -0.2) is 4.79 Å². The Morgan fingerprint density at radius 2 is 1.21 bits per heavy atom. The van der Waals surface area contributed by atoms with Crippen LogP contribution in [0.5, 0.6) is 34.5 Å². The number of hydrogen-bond acceptors (Lipinski definition) is 27. The van der Waals surface area contributed by atoms with Crippen LogP contribution in [0, 0.1) is 0 Å². The maximum atomic E-state index is 14.4. The van der Waals surface area contributed by atoms with Crippen LogP contribution in [-0.2, 0) is 38.0 Å². The largest absolute Gasteiger partial charge is 0.508 e. The fraction of sp³-hybridized carbons (Fsp3) is 0.500. The molecule has 4 saturated heterocycles. The van der Waals surface area contributed by atoms with E-state index in [2.05, 4.69) is 0 Å². The van der Waals surface area contributed by atoms with E-state index in [1.165, 1.54) is 50.3 Å². The van der Waals surface area contributed by atoms with Gasteiger partial charge in [-0.15, -0.1) is 0 Å². The van der Waals surface area contributed by atoms with E-state index in [1.807, 2.05) is 0 Å². The highest BCUT2D eigenvalue weighted by molar-refractivity contribution is 5.89. The lowest BCUT2D eigenvalue weighted by atomic mass is 9.97. The topological polar surface area (TPSA) is 434 Å². The number of aliphatic hydroxyl groups excluding tert-OH is 11.